The second-order valence-corrected chi connectivity index (χ2v) is 6.91. The molecule has 0 bridgehead atoms. The summed E-state index contributed by atoms with van der Waals surface area (Å²) in [6.07, 6.45) is 6.72. The first kappa shape index (κ1) is 15.0. The van der Waals surface area contributed by atoms with Crippen LogP contribution in [-0.2, 0) is 12.8 Å². The highest BCUT2D eigenvalue weighted by Gasteiger charge is 2.27. The van der Waals surface area contributed by atoms with E-state index in [1.807, 2.05) is 0 Å². The SMILES string of the molecule is CC(C)N1CCC(Cc2nnc3n2C(CO)CCC3)CC1. The lowest BCUT2D eigenvalue weighted by Crippen LogP contribution is -2.39. The van der Waals surface area contributed by atoms with Crippen LogP contribution in [0.3, 0.4) is 0 Å². The van der Waals surface area contributed by atoms with Gasteiger partial charge in [-0.1, -0.05) is 0 Å². The van der Waals surface area contributed by atoms with Crippen molar-refractivity contribution >= 4 is 0 Å². The Morgan fingerprint density at radius 3 is 2.62 bits per heavy atom. The summed E-state index contributed by atoms with van der Waals surface area (Å²) < 4.78 is 2.23. The van der Waals surface area contributed by atoms with Crippen LogP contribution in [0.4, 0.5) is 0 Å². The number of aliphatic hydroxyl groups excluding tert-OH is 1. The lowest BCUT2D eigenvalue weighted by molar-refractivity contribution is 0.146. The summed E-state index contributed by atoms with van der Waals surface area (Å²) in [5, 5.41) is 18.4. The molecule has 0 radical (unpaired) electrons. The number of nitrogens with zero attached hydrogens (tertiary/aromatic N) is 4. The molecule has 0 amide bonds. The van der Waals surface area contributed by atoms with Crippen molar-refractivity contribution in [2.45, 2.75) is 64.5 Å². The molecule has 3 heterocycles. The van der Waals surface area contributed by atoms with Crippen molar-refractivity contribution in [1.29, 1.82) is 0 Å². The highest BCUT2D eigenvalue weighted by atomic mass is 16.3. The predicted octanol–water partition coefficient (Wildman–Crippen LogP) is 1.81. The molecule has 3 rings (SSSR count). The second kappa shape index (κ2) is 6.44. The molecule has 1 N–H and O–H groups in total. The van der Waals surface area contributed by atoms with Gasteiger partial charge in [-0.15, -0.1) is 10.2 Å². The maximum absolute atomic E-state index is 9.60. The lowest BCUT2D eigenvalue weighted by Gasteiger charge is -2.34. The zero-order chi connectivity index (χ0) is 14.8. The molecule has 1 aromatic heterocycles. The van der Waals surface area contributed by atoms with Gasteiger partial charge in [0.05, 0.1) is 12.6 Å². The molecule has 1 fully saturated rings. The highest BCUT2D eigenvalue weighted by molar-refractivity contribution is 5.03. The number of aliphatic hydroxyl groups is 1. The number of hydrogen-bond acceptors (Lipinski definition) is 4. The van der Waals surface area contributed by atoms with Crippen LogP contribution in [0.25, 0.3) is 0 Å². The van der Waals surface area contributed by atoms with Gasteiger partial charge in [-0.3, -0.25) is 0 Å². The Hall–Kier alpha value is -0.940. The van der Waals surface area contributed by atoms with Crippen molar-refractivity contribution in [1.82, 2.24) is 19.7 Å². The van der Waals surface area contributed by atoms with Crippen LogP contribution in [0.15, 0.2) is 0 Å². The standard InChI is InChI=1S/C16H28N4O/c1-12(2)19-8-6-13(7-9-19)10-16-18-17-15-5-3-4-14(11-21)20(15)16/h12-14,21H,3-11H2,1-2H3. The number of piperidine rings is 1. The van der Waals surface area contributed by atoms with Crippen LogP contribution in [0, 0.1) is 5.92 Å². The van der Waals surface area contributed by atoms with Gasteiger partial charge < -0.3 is 14.6 Å². The van der Waals surface area contributed by atoms with E-state index in [2.05, 4.69) is 33.5 Å². The zero-order valence-electron chi connectivity index (χ0n) is 13.3. The minimum Gasteiger partial charge on any atom is -0.394 e. The third-order valence-corrected chi connectivity index (χ3v) is 5.20. The Morgan fingerprint density at radius 1 is 1.19 bits per heavy atom. The summed E-state index contributed by atoms with van der Waals surface area (Å²) in [7, 11) is 0. The highest BCUT2D eigenvalue weighted by Crippen LogP contribution is 2.28. The maximum Gasteiger partial charge on any atom is 0.133 e. The Balaban J connectivity index is 1.65. The molecule has 0 saturated carbocycles. The number of aryl methyl sites for hydroxylation is 1. The number of aromatic nitrogens is 3. The van der Waals surface area contributed by atoms with Crippen molar-refractivity contribution in [3.63, 3.8) is 0 Å². The molecule has 0 spiro atoms. The third kappa shape index (κ3) is 3.14. The maximum atomic E-state index is 9.60. The second-order valence-electron chi connectivity index (χ2n) is 6.91. The van der Waals surface area contributed by atoms with Gasteiger partial charge >= 0.3 is 0 Å². The average molecular weight is 292 g/mol. The van der Waals surface area contributed by atoms with Crippen LogP contribution in [-0.4, -0.2) is 50.5 Å². The molecule has 0 aliphatic carbocycles. The van der Waals surface area contributed by atoms with E-state index in [-0.39, 0.29) is 12.6 Å². The molecule has 2 aliphatic rings. The van der Waals surface area contributed by atoms with Crippen LogP contribution >= 0.6 is 0 Å². The van der Waals surface area contributed by atoms with E-state index in [0.29, 0.717) is 6.04 Å². The van der Waals surface area contributed by atoms with Crippen molar-refractivity contribution < 1.29 is 5.11 Å². The van der Waals surface area contributed by atoms with Gasteiger partial charge in [-0.05, 0) is 58.5 Å². The van der Waals surface area contributed by atoms with Crippen molar-refractivity contribution in [2.24, 2.45) is 5.92 Å². The van der Waals surface area contributed by atoms with Crippen LogP contribution in [0.1, 0.15) is 57.2 Å². The minimum atomic E-state index is 0.203. The number of rotatable bonds is 4. The van der Waals surface area contributed by atoms with Gasteiger partial charge in [0.25, 0.3) is 0 Å². The molecular weight excluding hydrogens is 264 g/mol. The summed E-state index contributed by atoms with van der Waals surface area (Å²) >= 11 is 0. The van der Waals surface area contributed by atoms with Gasteiger partial charge in [0.15, 0.2) is 0 Å². The molecule has 118 valence electrons. The quantitative estimate of drug-likeness (QED) is 0.919. The first-order valence-electron chi connectivity index (χ1n) is 8.46. The molecule has 1 aromatic rings. The topological polar surface area (TPSA) is 54.2 Å². The van der Waals surface area contributed by atoms with Crippen LogP contribution in [0.2, 0.25) is 0 Å². The monoisotopic (exact) mass is 292 g/mol. The normalized spacial score (nSPS) is 24.5. The molecule has 5 heteroatoms. The van der Waals surface area contributed by atoms with Gasteiger partial charge in [-0.25, -0.2) is 0 Å². The number of fused-ring (bicyclic) bond motifs is 1. The molecule has 1 atom stereocenters. The minimum absolute atomic E-state index is 0.203. The molecule has 2 aliphatic heterocycles. The van der Waals surface area contributed by atoms with E-state index in [1.165, 1.54) is 25.9 Å². The van der Waals surface area contributed by atoms with Crippen LogP contribution in [0.5, 0.6) is 0 Å². The van der Waals surface area contributed by atoms with Crippen molar-refractivity contribution in [2.75, 3.05) is 19.7 Å². The fourth-order valence-electron chi connectivity index (χ4n) is 3.82. The smallest absolute Gasteiger partial charge is 0.133 e. The number of likely N-dealkylation sites (tertiary alicyclic amines) is 1. The van der Waals surface area contributed by atoms with Crippen molar-refractivity contribution in [3.05, 3.63) is 11.6 Å². The van der Waals surface area contributed by atoms with Gasteiger partial charge in [-0.2, -0.15) is 0 Å². The molecule has 0 aromatic carbocycles. The Bertz CT molecular complexity index is 463. The van der Waals surface area contributed by atoms with Crippen molar-refractivity contribution in [3.8, 4) is 0 Å². The van der Waals surface area contributed by atoms with Crippen LogP contribution < -0.4 is 0 Å². The Morgan fingerprint density at radius 2 is 1.95 bits per heavy atom. The summed E-state index contributed by atoms with van der Waals surface area (Å²) in [5.41, 5.74) is 0. The largest absolute Gasteiger partial charge is 0.394 e. The first-order chi connectivity index (χ1) is 10.2. The fourth-order valence-corrected chi connectivity index (χ4v) is 3.82. The Labute approximate surface area is 127 Å². The van der Waals surface area contributed by atoms with E-state index < -0.39 is 0 Å². The average Bonchev–Trinajstić information content (AvgIpc) is 2.91. The third-order valence-electron chi connectivity index (χ3n) is 5.20. The summed E-state index contributed by atoms with van der Waals surface area (Å²) in [6.45, 7) is 7.17. The van der Waals surface area contributed by atoms with Gasteiger partial charge in [0, 0.05) is 18.9 Å². The predicted molar refractivity (Wildman–Crippen MR) is 82.2 cm³/mol. The summed E-state index contributed by atoms with van der Waals surface area (Å²) in [4.78, 5) is 2.56. The van der Waals surface area contributed by atoms with E-state index >= 15 is 0 Å². The van der Waals surface area contributed by atoms with E-state index in [9.17, 15) is 5.11 Å². The van der Waals surface area contributed by atoms with Gasteiger partial charge in [0.1, 0.15) is 11.6 Å². The number of hydrogen-bond donors (Lipinski definition) is 1. The lowest BCUT2D eigenvalue weighted by atomic mass is 9.92. The van der Waals surface area contributed by atoms with Gasteiger partial charge in [0.2, 0.25) is 0 Å². The Kier molecular flexibility index (Phi) is 4.60. The molecule has 1 unspecified atom stereocenters. The molecule has 1 saturated heterocycles. The van der Waals surface area contributed by atoms with E-state index in [0.717, 1.165) is 43.3 Å². The summed E-state index contributed by atoms with van der Waals surface area (Å²) in [5.74, 6) is 2.90. The van der Waals surface area contributed by atoms with E-state index in [4.69, 9.17) is 0 Å². The first-order valence-corrected chi connectivity index (χ1v) is 8.46. The molecule has 5 nitrogen and oxygen atoms in total. The molecule has 21 heavy (non-hydrogen) atoms. The molecular formula is C16H28N4O. The summed E-state index contributed by atoms with van der Waals surface area (Å²) in [6, 6.07) is 0.861. The van der Waals surface area contributed by atoms with E-state index in [1.54, 1.807) is 0 Å². The zero-order valence-corrected chi connectivity index (χ0v) is 13.3. The fraction of sp³-hybridized carbons (Fsp3) is 0.875.